The Bertz CT molecular complexity index is 526. The minimum atomic E-state index is -0.516. The number of piperidine rings is 1. The fourth-order valence-electron chi connectivity index (χ4n) is 2.50. The monoisotopic (exact) mass is 265 g/mol. The molecule has 1 amide bonds. The van der Waals surface area contributed by atoms with Gasteiger partial charge in [-0.25, -0.2) is 4.98 Å². The van der Waals surface area contributed by atoms with Gasteiger partial charge in [-0.3, -0.25) is 9.59 Å². The van der Waals surface area contributed by atoms with Crippen LogP contribution in [0.5, 0.6) is 0 Å². The lowest BCUT2D eigenvalue weighted by Gasteiger charge is -2.37. The van der Waals surface area contributed by atoms with Crippen molar-refractivity contribution in [2.24, 2.45) is 0 Å². The molecule has 102 valence electrons. The zero-order valence-electron chi connectivity index (χ0n) is 10.4. The molecule has 19 heavy (non-hydrogen) atoms. The van der Waals surface area contributed by atoms with Gasteiger partial charge in [0.1, 0.15) is 5.56 Å². The summed E-state index contributed by atoms with van der Waals surface area (Å²) in [5.41, 5.74) is -0.333. The average molecular weight is 265 g/mol. The number of aromatic amines is 1. The highest BCUT2D eigenvalue weighted by Crippen LogP contribution is 2.31. The molecule has 1 aromatic rings. The fraction of sp³-hybridized carbons (Fsp3) is 0.583. The Morgan fingerprint density at radius 1 is 1.32 bits per heavy atom. The number of carbonyl (C=O) groups excluding carboxylic acids is 1. The molecule has 0 aliphatic carbocycles. The fourth-order valence-corrected chi connectivity index (χ4v) is 2.50. The minimum absolute atomic E-state index is 0.0757. The molecule has 0 atom stereocenters. The van der Waals surface area contributed by atoms with Gasteiger partial charge in [0.25, 0.3) is 11.5 Å². The van der Waals surface area contributed by atoms with E-state index in [1.165, 1.54) is 12.5 Å². The van der Waals surface area contributed by atoms with Gasteiger partial charge >= 0.3 is 0 Å². The van der Waals surface area contributed by atoms with Crippen LogP contribution in [-0.4, -0.2) is 52.9 Å². The number of hydrogen-bond acceptors (Lipinski definition) is 5. The van der Waals surface area contributed by atoms with Crippen molar-refractivity contribution in [1.82, 2.24) is 14.9 Å². The summed E-state index contributed by atoms with van der Waals surface area (Å²) in [5, 5.41) is 0. The smallest absolute Gasteiger partial charge is 0.263 e. The minimum Gasteiger partial charge on any atom is -0.347 e. The molecule has 1 aromatic heterocycles. The van der Waals surface area contributed by atoms with E-state index in [4.69, 9.17) is 9.47 Å². The van der Waals surface area contributed by atoms with Gasteiger partial charge in [-0.2, -0.15) is 0 Å². The van der Waals surface area contributed by atoms with E-state index in [9.17, 15) is 9.59 Å². The second-order valence-electron chi connectivity index (χ2n) is 4.69. The maximum absolute atomic E-state index is 12.2. The van der Waals surface area contributed by atoms with Crippen molar-refractivity contribution in [2.75, 3.05) is 26.3 Å². The van der Waals surface area contributed by atoms with E-state index in [0.717, 1.165) is 0 Å². The average Bonchev–Trinajstić information content (AvgIpc) is 2.88. The van der Waals surface area contributed by atoms with Crippen molar-refractivity contribution < 1.29 is 14.3 Å². The van der Waals surface area contributed by atoms with E-state index in [0.29, 0.717) is 39.1 Å². The van der Waals surface area contributed by atoms with Crippen LogP contribution in [0.2, 0.25) is 0 Å². The molecule has 2 aliphatic heterocycles. The van der Waals surface area contributed by atoms with E-state index < -0.39 is 11.3 Å². The highest BCUT2D eigenvalue weighted by Gasteiger charge is 2.41. The molecule has 0 aromatic carbocycles. The normalized spacial score (nSPS) is 21.8. The summed E-state index contributed by atoms with van der Waals surface area (Å²) < 4.78 is 11.2. The van der Waals surface area contributed by atoms with Gasteiger partial charge < -0.3 is 19.4 Å². The van der Waals surface area contributed by atoms with Gasteiger partial charge in [0.15, 0.2) is 5.79 Å². The Morgan fingerprint density at radius 2 is 2.00 bits per heavy atom. The zero-order chi connectivity index (χ0) is 13.3. The summed E-state index contributed by atoms with van der Waals surface area (Å²) in [6, 6.07) is 0. The maximum atomic E-state index is 12.2. The van der Waals surface area contributed by atoms with Gasteiger partial charge in [-0.15, -0.1) is 0 Å². The number of likely N-dealkylation sites (tertiary alicyclic amines) is 1. The summed E-state index contributed by atoms with van der Waals surface area (Å²) in [7, 11) is 0. The third-order valence-corrected chi connectivity index (χ3v) is 3.57. The van der Waals surface area contributed by atoms with Gasteiger partial charge in [0, 0.05) is 32.1 Å². The van der Waals surface area contributed by atoms with Crippen molar-refractivity contribution in [3.05, 3.63) is 28.4 Å². The number of hydrogen-bond donors (Lipinski definition) is 1. The number of H-pyrrole nitrogens is 1. The van der Waals surface area contributed by atoms with Crippen LogP contribution in [0.15, 0.2) is 17.3 Å². The second kappa shape index (κ2) is 4.75. The van der Waals surface area contributed by atoms with Crippen molar-refractivity contribution in [3.8, 4) is 0 Å². The zero-order valence-corrected chi connectivity index (χ0v) is 10.4. The van der Waals surface area contributed by atoms with Crippen molar-refractivity contribution in [3.63, 3.8) is 0 Å². The number of carbonyl (C=O) groups is 1. The lowest BCUT2D eigenvalue weighted by atomic mass is 10.0. The van der Waals surface area contributed by atoms with E-state index in [1.54, 1.807) is 4.90 Å². The number of nitrogens with zero attached hydrogens (tertiary/aromatic N) is 2. The first-order valence-corrected chi connectivity index (χ1v) is 6.30. The molecule has 7 heteroatoms. The van der Waals surface area contributed by atoms with Crippen LogP contribution in [0.1, 0.15) is 23.2 Å². The van der Waals surface area contributed by atoms with Crippen LogP contribution < -0.4 is 5.56 Å². The highest BCUT2D eigenvalue weighted by molar-refractivity contribution is 5.93. The number of amides is 1. The lowest BCUT2D eigenvalue weighted by Crippen LogP contribution is -2.48. The van der Waals surface area contributed by atoms with Crippen LogP contribution in [0.25, 0.3) is 0 Å². The molecular formula is C12H15N3O4. The first-order valence-electron chi connectivity index (χ1n) is 6.30. The molecule has 1 spiro atoms. The predicted molar refractivity (Wildman–Crippen MR) is 64.6 cm³/mol. The molecule has 2 saturated heterocycles. The number of rotatable bonds is 1. The lowest BCUT2D eigenvalue weighted by molar-refractivity contribution is -0.181. The first kappa shape index (κ1) is 12.3. The third kappa shape index (κ3) is 2.26. The molecule has 0 saturated carbocycles. The van der Waals surface area contributed by atoms with Crippen LogP contribution in [0.4, 0.5) is 0 Å². The molecule has 2 aliphatic rings. The number of aromatic nitrogens is 2. The predicted octanol–water partition coefficient (Wildman–Crippen LogP) is -0.251. The number of ether oxygens (including phenoxy) is 2. The summed E-state index contributed by atoms with van der Waals surface area (Å²) in [6.07, 6.45) is 3.84. The second-order valence-corrected chi connectivity index (χ2v) is 4.69. The Balaban J connectivity index is 1.70. The molecule has 3 heterocycles. The summed E-state index contributed by atoms with van der Waals surface area (Å²) in [4.78, 5) is 31.6. The van der Waals surface area contributed by atoms with Gasteiger partial charge in [-0.05, 0) is 0 Å². The van der Waals surface area contributed by atoms with E-state index >= 15 is 0 Å². The standard InChI is InChI=1S/C12H15N3O4/c16-10-9(7-13-8-14-10)11(17)15-3-1-12(2-4-15)18-5-6-19-12/h7-8H,1-6H2,(H,13,14,16). The van der Waals surface area contributed by atoms with E-state index in [1.807, 2.05) is 0 Å². The molecule has 2 fully saturated rings. The van der Waals surface area contributed by atoms with Gasteiger partial charge in [0.05, 0.1) is 19.5 Å². The first-order chi connectivity index (χ1) is 9.20. The quantitative estimate of drug-likeness (QED) is 0.757. The van der Waals surface area contributed by atoms with Crippen LogP contribution in [0, 0.1) is 0 Å². The third-order valence-electron chi connectivity index (χ3n) is 3.57. The molecule has 0 unspecified atom stereocenters. The Kier molecular flexibility index (Phi) is 3.08. The molecule has 1 N–H and O–H groups in total. The molecular weight excluding hydrogens is 250 g/mol. The summed E-state index contributed by atoms with van der Waals surface area (Å²) >= 11 is 0. The largest absolute Gasteiger partial charge is 0.347 e. The summed E-state index contributed by atoms with van der Waals surface area (Å²) in [6.45, 7) is 2.26. The van der Waals surface area contributed by atoms with E-state index in [2.05, 4.69) is 9.97 Å². The molecule has 3 rings (SSSR count). The Hall–Kier alpha value is -1.73. The molecule has 0 bridgehead atoms. The summed E-state index contributed by atoms with van der Waals surface area (Å²) in [5.74, 6) is -0.805. The van der Waals surface area contributed by atoms with Crippen molar-refractivity contribution in [2.45, 2.75) is 18.6 Å². The van der Waals surface area contributed by atoms with Crippen molar-refractivity contribution >= 4 is 5.91 Å². The van der Waals surface area contributed by atoms with Crippen LogP contribution in [-0.2, 0) is 9.47 Å². The van der Waals surface area contributed by atoms with E-state index in [-0.39, 0.29) is 11.5 Å². The Labute approximate surface area is 109 Å². The molecule has 0 radical (unpaired) electrons. The van der Waals surface area contributed by atoms with Gasteiger partial charge in [0.2, 0.25) is 0 Å². The highest BCUT2D eigenvalue weighted by atomic mass is 16.7. The Morgan fingerprint density at radius 3 is 2.63 bits per heavy atom. The topological polar surface area (TPSA) is 84.5 Å². The molecule has 7 nitrogen and oxygen atoms in total. The SMILES string of the molecule is O=C(c1cnc[nH]c1=O)N1CCC2(CC1)OCCO2. The van der Waals surface area contributed by atoms with Crippen LogP contribution in [0.3, 0.4) is 0 Å². The van der Waals surface area contributed by atoms with Crippen LogP contribution >= 0.6 is 0 Å². The number of nitrogens with one attached hydrogen (secondary N) is 1. The maximum Gasteiger partial charge on any atom is 0.263 e. The van der Waals surface area contributed by atoms with Crippen molar-refractivity contribution in [1.29, 1.82) is 0 Å². The van der Waals surface area contributed by atoms with Gasteiger partial charge in [-0.1, -0.05) is 0 Å².